The third kappa shape index (κ3) is 4.46. The minimum absolute atomic E-state index is 0.00306. The molecule has 0 aliphatic carbocycles. The number of hydrogen-bond donors (Lipinski definition) is 1. The van der Waals surface area contributed by atoms with Gasteiger partial charge in [0.15, 0.2) is 5.65 Å². The second-order valence-corrected chi connectivity index (χ2v) is 9.42. The second kappa shape index (κ2) is 9.58. The van der Waals surface area contributed by atoms with Gasteiger partial charge < -0.3 is 10.0 Å². The number of aliphatic hydroxyl groups excluding tert-OH is 1. The number of alkyl halides is 3. The van der Waals surface area contributed by atoms with Crippen LogP contribution in [0.5, 0.6) is 0 Å². The van der Waals surface area contributed by atoms with Gasteiger partial charge in [0, 0.05) is 23.7 Å². The predicted molar refractivity (Wildman–Crippen MR) is 135 cm³/mol. The maximum absolute atomic E-state index is 13.6. The van der Waals surface area contributed by atoms with E-state index in [0.717, 1.165) is 54.3 Å². The molecular weight excluding hydrogens is 465 g/mol. The van der Waals surface area contributed by atoms with Crippen molar-refractivity contribution in [2.45, 2.75) is 51.7 Å². The van der Waals surface area contributed by atoms with Crippen molar-refractivity contribution in [2.24, 2.45) is 0 Å². The Morgan fingerprint density at radius 3 is 2.53 bits per heavy atom. The molecule has 3 heterocycles. The van der Waals surface area contributed by atoms with Gasteiger partial charge in [-0.2, -0.15) is 18.3 Å². The van der Waals surface area contributed by atoms with E-state index in [1.165, 1.54) is 12.1 Å². The Bertz CT molecular complexity index is 1380. The van der Waals surface area contributed by atoms with Crippen LogP contribution in [0.15, 0.2) is 54.6 Å². The normalized spacial score (nSPS) is 16.3. The van der Waals surface area contributed by atoms with Crippen molar-refractivity contribution in [3.8, 4) is 22.4 Å². The summed E-state index contributed by atoms with van der Waals surface area (Å²) in [6.45, 7) is 4.83. The average Bonchev–Trinajstić information content (AvgIpc) is 3.48. The van der Waals surface area contributed by atoms with Crippen LogP contribution in [0.1, 0.15) is 43.0 Å². The molecule has 1 atom stereocenters. The van der Waals surface area contributed by atoms with Crippen molar-refractivity contribution >= 4 is 11.5 Å². The van der Waals surface area contributed by atoms with Crippen molar-refractivity contribution in [2.75, 3.05) is 18.1 Å². The van der Waals surface area contributed by atoms with Crippen LogP contribution in [0, 0.1) is 6.92 Å². The van der Waals surface area contributed by atoms with Crippen molar-refractivity contribution in [1.82, 2.24) is 14.6 Å². The molecular formula is C28H29F3N4O. The van der Waals surface area contributed by atoms with Gasteiger partial charge in [-0.1, -0.05) is 55.3 Å². The Labute approximate surface area is 208 Å². The molecule has 0 spiro atoms. The highest BCUT2D eigenvalue weighted by Crippen LogP contribution is 2.37. The lowest BCUT2D eigenvalue weighted by molar-refractivity contribution is -0.137. The van der Waals surface area contributed by atoms with E-state index in [1.54, 1.807) is 16.6 Å². The number of rotatable bonds is 6. The summed E-state index contributed by atoms with van der Waals surface area (Å²) >= 11 is 0. The highest BCUT2D eigenvalue weighted by Gasteiger charge is 2.31. The number of hydrogen-bond acceptors (Lipinski definition) is 4. The second-order valence-electron chi connectivity index (χ2n) is 9.42. The van der Waals surface area contributed by atoms with Crippen LogP contribution in [0.2, 0.25) is 0 Å². The van der Waals surface area contributed by atoms with Gasteiger partial charge in [-0.25, -0.2) is 9.50 Å². The van der Waals surface area contributed by atoms with E-state index in [4.69, 9.17) is 10.1 Å². The van der Waals surface area contributed by atoms with Gasteiger partial charge in [0.25, 0.3) is 0 Å². The van der Waals surface area contributed by atoms with Crippen LogP contribution in [-0.4, -0.2) is 38.9 Å². The Kier molecular flexibility index (Phi) is 6.47. The molecule has 0 amide bonds. The smallest absolute Gasteiger partial charge is 0.394 e. The quantitative estimate of drug-likeness (QED) is 0.342. The number of aliphatic hydroxyl groups is 1. The minimum atomic E-state index is -4.45. The van der Waals surface area contributed by atoms with E-state index in [2.05, 4.69) is 11.8 Å². The average molecular weight is 495 g/mol. The van der Waals surface area contributed by atoms with Crippen LogP contribution in [0.4, 0.5) is 19.0 Å². The number of halogens is 3. The molecule has 5 nitrogen and oxygen atoms in total. The van der Waals surface area contributed by atoms with Crippen LogP contribution >= 0.6 is 0 Å². The van der Waals surface area contributed by atoms with Gasteiger partial charge in [0.2, 0.25) is 0 Å². The summed E-state index contributed by atoms with van der Waals surface area (Å²) in [6.07, 6.45) is -1.11. The maximum atomic E-state index is 13.6. The van der Waals surface area contributed by atoms with Gasteiger partial charge in [-0.3, -0.25) is 0 Å². The molecule has 1 unspecified atom stereocenters. The zero-order valence-corrected chi connectivity index (χ0v) is 20.4. The highest BCUT2D eigenvalue weighted by molar-refractivity contribution is 5.83. The molecule has 1 aliphatic heterocycles. The fourth-order valence-corrected chi connectivity index (χ4v) is 5.01. The fraction of sp³-hybridized carbons (Fsp3) is 0.357. The molecule has 0 radical (unpaired) electrons. The Morgan fingerprint density at radius 2 is 1.83 bits per heavy atom. The van der Waals surface area contributed by atoms with Crippen molar-refractivity contribution in [1.29, 1.82) is 0 Å². The Balaban J connectivity index is 1.80. The lowest BCUT2D eigenvalue weighted by atomic mass is 10.0. The first-order chi connectivity index (χ1) is 17.3. The molecule has 36 heavy (non-hydrogen) atoms. The van der Waals surface area contributed by atoms with Crippen LogP contribution < -0.4 is 4.90 Å². The number of fused-ring (bicyclic) bond motifs is 1. The Hall–Kier alpha value is -3.39. The molecule has 1 N–H and O–H groups in total. The number of aromatic nitrogens is 3. The summed E-state index contributed by atoms with van der Waals surface area (Å²) in [5, 5.41) is 14.8. The predicted octanol–water partition coefficient (Wildman–Crippen LogP) is 6.30. The molecule has 8 heteroatoms. The van der Waals surface area contributed by atoms with Crippen molar-refractivity contribution in [3.63, 3.8) is 0 Å². The molecule has 4 aromatic rings. The van der Waals surface area contributed by atoms with Crippen molar-refractivity contribution < 1.29 is 18.3 Å². The van der Waals surface area contributed by atoms with Crippen molar-refractivity contribution in [3.05, 3.63) is 71.4 Å². The van der Waals surface area contributed by atoms with E-state index < -0.39 is 11.7 Å². The molecule has 5 rings (SSSR count). The highest BCUT2D eigenvalue weighted by atomic mass is 19.4. The first-order valence-electron chi connectivity index (χ1n) is 12.3. The van der Waals surface area contributed by atoms with E-state index in [-0.39, 0.29) is 12.6 Å². The van der Waals surface area contributed by atoms with E-state index in [1.807, 2.05) is 31.2 Å². The number of anilines is 1. The van der Waals surface area contributed by atoms with Crippen LogP contribution in [-0.2, 0) is 12.6 Å². The van der Waals surface area contributed by atoms with Gasteiger partial charge in [0.05, 0.1) is 29.6 Å². The van der Waals surface area contributed by atoms with Gasteiger partial charge in [0.1, 0.15) is 5.82 Å². The van der Waals surface area contributed by atoms with E-state index >= 15 is 0 Å². The van der Waals surface area contributed by atoms with Gasteiger partial charge in [-0.05, 0) is 43.9 Å². The molecule has 188 valence electrons. The minimum Gasteiger partial charge on any atom is -0.394 e. The topological polar surface area (TPSA) is 53.7 Å². The SMILES string of the molecule is CCCc1nn2c(-c3cccc(C(F)(F)F)c3)cc(N3CCCC3CO)nc2c1-c1ccc(C)cc1. The molecule has 2 aromatic carbocycles. The Morgan fingerprint density at radius 1 is 1.06 bits per heavy atom. The lowest BCUT2D eigenvalue weighted by Gasteiger charge is -2.25. The molecule has 0 bridgehead atoms. The number of aryl methyl sites for hydroxylation is 2. The fourth-order valence-electron chi connectivity index (χ4n) is 5.01. The van der Waals surface area contributed by atoms with E-state index in [0.29, 0.717) is 29.1 Å². The number of benzene rings is 2. The van der Waals surface area contributed by atoms with Crippen LogP contribution in [0.3, 0.4) is 0 Å². The zero-order valence-electron chi connectivity index (χ0n) is 20.4. The van der Waals surface area contributed by atoms with Crippen LogP contribution in [0.25, 0.3) is 28.0 Å². The molecule has 0 saturated carbocycles. The first-order valence-corrected chi connectivity index (χ1v) is 12.3. The summed E-state index contributed by atoms with van der Waals surface area (Å²) in [5.41, 5.74) is 4.72. The number of nitrogens with zero attached hydrogens (tertiary/aromatic N) is 4. The van der Waals surface area contributed by atoms with E-state index in [9.17, 15) is 18.3 Å². The zero-order chi connectivity index (χ0) is 25.4. The third-order valence-corrected chi connectivity index (χ3v) is 6.84. The maximum Gasteiger partial charge on any atom is 0.416 e. The summed E-state index contributed by atoms with van der Waals surface area (Å²) in [7, 11) is 0. The third-order valence-electron chi connectivity index (χ3n) is 6.84. The molecule has 1 fully saturated rings. The monoisotopic (exact) mass is 494 g/mol. The van der Waals surface area contributed by atoms with Gasteiger partial charge >= 0.3 is 6.18 Å². The van der Waals surface area contributed by atoms with Gasteiger partial charge in [-0.15, -0.1) is 0 Å². The summed E-state index contributed by atoms with van der Waals surface area (Å²) in [6, 6.07) is 15.2. The standard InChI is InChI=1S/C28H29F3N4O/c1-3-6-23-26(19-12-10-18(2)11-13-19)27-32-25(34-14-5-9-22(34)17-36)16-24(35(27)33-23)20-7-4-8-21(15-20)28(29,30)31/h4,7-8,10-13,15-16,22,36H,3,5-6,9,14,17H2,1-2H3. The summed E-state index contributed by atoms with van der Waals surface area (Å²) < 4.78 is 42.4. The molecule has 1 aliphatic rings. The lowest BCUT2D eigenvalue weighted by Crippen LogP contribution is -2.32. The first kappa shape index (κ1) is 24.3. The summed E-state index contributed by atoms with van der Waals surface area (Å²) in [4.78, 5) is 7.07. The largest absolute Gasteiger partial charge is 0.416 e. The molecule has 1 saturated heterocycles. The molecule has 2 aromatic heterocycles. The summed E-state index contributed by atoms with van der Waals surface area (Å²) in [5.74, 6) is 0.641.